The zero-order valence-corrected chi connectivity index (χ0v) is 13.4. The number of ether oxygens (including phenoxy) is 1. The fraction of sp³-hybridized carbons (Fsp3) is 0.429. The average Bonchev–Trinajstić information content (AvgIpc) is 2.56. The lowest BCUT2D eigenvalue weighted by molar-refractivity contribution is -0.385. The summed E-state index contributed by atoms with van der Waals surface area (Å²) in [7, 11) is 0. The van der Waals surface area contributed by atoms with Gasteiger partial charge in [0.05, 0.1) is 29.9 Å². The van der Waals surface area contributed by atoms with Gasteiger partial charge in [-0.2, -0.15) is 5.10 Å². The number of nitro groups is 1. The maximum Gasteiger partial charge on any atom is 0.278 e. The number of hydrogen-bond acceptors (Lipinski definition) is 6. The van der Waals surface area contributed by atoms with Crippen LogP contribution >= 0.6 is 12.2 Å². The minimum Gasteiger partial charge on any atom is -0.379 e. The molecule has 0 atom stereocenters. The second kappa shape index (κ2) is 9.13. The molecule has 0 amide bonds. The average molecular weight is 337 g/mol. The number of nitro benzene ring substituents is 1. The third kappa shape index (κ3) is 5.89. The number of thiocarbonyl (C=S) groups is 1. The summed E-state index contributed by atoms with van der Waals surface area (Å²) in [6, 6.07) is 6.38. The number of hydrogen-bond donors (Lipinski definition) is 2. The van der Waals surface area contributed by atoms with Crippen molar-refractivity contribution in [3.05, 3.63) is 39.9 Å². The lowest BCUT2D eigenvalue weighted by Crippen LogP contribution is -2.42. The maximum atomic E-state index is 10.9. The Morgan fingerprint density at radius 2 is 2.17 bits per heavy atom. The standard InChI is InChI=1S/C14H19N5O3S/c20-19(21)13-4-2-1-3-12(13)11-16-17-14(23)15-5-6-18-7-9-22-10-8-18/h1-4,11H,5-10H2,(H2,15,17,23)/b16-11-. The van der Waals surface area contributed by atoms with Crippen molar-refractivity contribution < 1.29 is 9.66 Å². The van der Waals surface area contributed by atoms with Crippen LogP contribution in [0.5, 0.6) is 0 Å². The lowest BCUT2D eigenvalue weighted by Gasteiger charge is -2.26. The zero-order chi connectivity index (χ0) is 16.5. The molecule has 8 nitrogen and oxygen atoms in total. The first-order valence-corrected chi connectivity index (χ1v) is 7.68. The van der Waals surface area contributed by atoms with E-state index in [0.29, 0.717) is 17.2 Å². The Kier molecular flexibility index (Phi) is 6.85. The van der Waals surface area contributed by atoms with E-state index in [1.54, 1.807) is 18.2 Å². The fourth-order valence-electron chi connectivity index (χ4n) is 2.12. The van der Waals surface area contributed by atoms with Gasteiger partial charge in [0.15, 0.2) is 5.11 Å². The van der Waals surface area contributed by atoms with Gasteiger partial charge < -0.3 is 10.1 Å². The number of rotatable bonds is 6. The summed E-state index contributed by atoms with van der Waals surface area (Å²) >= 11 is 5.11. The van der Waals surface area contributed by atoms with Gasteiger partial charge in [0.1, 0.15) is 0 Å². The Morgan fingerprint density at radius 1 is 1.43 bits per heavy atom. The number of nitrogens with one attached hydrogen (secondary N) is 2. The summed E-state index contributed by atoms with van der Waals surface area (Å²) in [6.45, 7) is 4.97. The Bertz CT molecular complexity index is 575. The Labute approximate surface area is 139 Å². The predicted molar refractivity (Wildman–Crippen MR) is 91.7 cm³/mol. The molecule has 2 rings (SSSR count). The van der Waals surface area contributed by atoms with Gasteiger partial charge in [-0.15, -0.1) is 0 Å². The molecular weight excluding hydrogens is 318 g/mol. The van der Waals surface area contributed by atoms with Crippen LogP contribution < -0.4 is 10.7 Å². The number of morpholine rings is 1. The lowest BCUT2D eigenvalue weighted by atomic mass is 10.2. The molecule has 23 heavy (non-hydrogen) atoms. The van der Waals surface area contributed by atoms with Crippen molar-refractivity contribution in [3.8, 4) is 0 Å². The van der Waals surface area contributed by atoms with Crippen LogP contribution in [0.3, 0.4) is 0 Å². The van der Waals surface area contributed by atoms with E-state index in [0.717, 1.165) is 32.8 Å². The number of benzene rings is 1. The van der Waals surface area contributed by atoms with Gasteiger partial charge in [-0.3, -0.25) is 20.4 Å². The largest absolute Gasteiger partial charge is 0.379 e. The summed E-state index contributed by atoms with van der Waals surface area (Å²) in [5, 5.41) is 18.2. The monoisotopic (exact) mass is 337 g/mol. The molecule has 9 heteroatoms. The van der Waals surface area contributed by atoms with E-state index < -0.39 is 4.92 Å². The van der Waals surface area contributed by atoms with Crippen molar-refractivity contribution in [2.75, 3.05) is 39.4 Å². The summed E-state index contributed by atoms with van der Waals surface area (Å²) < 4.78 is 5.28. The van der Waals surface area contributed by atoms with E-state index >= 15 is 0 Å². The molecule has 0 bridgehead atoms. The number of para-hydroxylation sites is 1. The van der Waals surface area contributed by atoms with Crippen LogP contribution in [0.2, 0.25) is 0 Å². The molecule has 0 unspecified atom stereocenters. The molecule has 0 aliphatic carbocycles. The van der Waals surface area contributed by atoms with Gasteiger partial charge in [0.2, 0.25) is 0 Å². The highest BCUT2D eigenvalue weighted by Gasteiger charge is 2.10. The van der Waals surface area contributed by atoms with Gasteiger partial charge in [0.25, 0.3) is 5.69 Å². The van der Waals surface area contributed by atoms with Crippen LogP contribution in [0.4, 0.5) is 5.69 Å². The number of nitrogens with zero attached hydrogens (tertiary/aromatic N) is 3. The fourth-order valence-corrected chi connectivity index (χ4v) is 2.27. The molecular formula is C14H19N5O3S. The second-order valence-electron chi connectivity index (χ2n) is 4.90. The third-order valence-electron chi connectivity index (χ3n) is 3.32. The molecule has 1 aromatic carbocycles. The van der Waals surface area contributed by atoms with Crippen LogP contribution in [-0.4, -0.2) is 60.5 Å². The highest BCUT2D eigenvalue weighted by Crippen LogP contribution is 2.14. The topological polar surface area (TPSA) is 92.0 Å². The van der Waals surface area contributed by atoms with Gasteiger partial charge in [-0.05, 0) is 18.3 Å². The minimum atomic E-state index is -0.444. The summed E-state index contributed by atoms with van der Waals surface area (Å²) in [5.41, 5.74) is 3.08. The van der Waals surface area contributed by atoms with Crippen molar-refractivity contribution in [2.24, 2.45) is 5.10 Å². The zero-order valence-electron chi connectivity index (χ0n) is 12.6. The van der Waals surface area contributed by atoms with Crippen LogP contribution in [0, 0.1) is 10.1 Å². The van der Waals surface area contributed by atoms with Gasteiger partial charge in [0, 0.05) is 32.2 Å². The molecule has 1 aromatic rings. The Morgan fingerprint density at radius 3 is 2.91 bits per heavy atom. The van der Waals surface area contributed by atoms with Crippen molar-refractivity contribution in [1.29, 1.82) is 0 Å². The molecule has 1 heterocycles. The van der Waals surface area contributed by atoms with Crippen molar-refractivity contribution in [2.45, 2.75) is 0 Å². The first-order valence-electron chi connectivity index (χ1n) is 7.27. The third-order valence-corrected chi connectivity index (χ3v) is 3.56. The van der Waals surface area contributed by atoms with Gasteiger partial charge in [-0.1, -0.05) is 12.1 Å². The predicted octanol–water partition coefficient (Wildman–Crippen LogP) is 0.725. The SMILES string of the molecule is O=[N+]([O-])c1ccccc1/C=N\NC(=S)NCCN1CCOCC1. The van der Waals surface area contributed by atoms with Crippen molar-refractivity contribution in [3.63, 3.8) is 0 Å². The summed E-state index contributed by atoms with van der Waals surface area (Å²) in [4.78, 5) is 12.7. The van der Waals surface area contributed by atoms with E-state index in [2.05, 4.69) is 20.7 Å². The molecule has 0 radical (unpaired) electrons. The second-order valence-corrected chi connectivity index (χ2v) is 5.30. The molecule has 124 valence electrons. The van der Waals surface area contributed by atoms with Crippen LogP contribution in [-0.2, 0) is 4.74 Å². The molecule has 0 spiro atoms. The van der Waals surface area contributed by atoms with E-state index in [1.807, 2.05) is 0 Å². The molecule has 1 saturated heterocycles. The minimum absolute atomic E-state index is 0.00393. The van der Waals surface area contributed by atoms with E-state index in [4.69, 9.17) is 17.0 Å². The smallest absolute Gasteiger partial charge is 0.278 e. The highest BCUT2D eigenvalue weighted by molar-refractivity contribution is 7.80. The summed E-state index contributed by atoms with van der Waals surface area (Å²) in [6.07, 6.45) is 1.38. The first kappa shape index (κ1) is 17.3. The molecule has 2 N–H and O–H groups in total. The number of hydrazone groups is 1. The van der Waals surface area contributed by atoms with Gasteiger partial charge >= 0.3 is 0 Å². The Hall–Kier alpha value is -2.10. The van der Waals surface area contributed by atoms with Crippen LogP contribution in [0.25, 0.3) is 0 Å². The maximum absolute atomic E-state index is 10.9. The molecule has 1 fully saturated rings. The van der Waals surface area contributed by atoms with Crippen LogP contribution in [0.15, 0.2) is 29.4 Å². The van der Waals surface area contributed by atoms with Crippen LogP contribution in [0.1, 0.15) is 5.56 Å². The normalized spacial score (nSPS) is 15.5. The van der Waals surface area contributed by atoms with E-state index in [-0.39, 0.29) is 5.69 Å². The van der Waals surface area contributed by atoms with Gasteiger partial charge in [-0.25, -0.2) is 0 Å². The van der Waals surface area contributed by atoms with Crippen molar-refractivity contribution in [1.82, 2.24) is 15.6 Å². The highest BCUT2D eigenvalue weighted by atomic mass is 32.1. The Balaban J connectivity index is 1.72. The first-order chi connectivity index (χ1) is 11.2. The molecule has 1 aliphatic heterocycles. The van der Waals surface area contributed by atoms with Crippen molar-refractivity contribution >= 4 is 29.2 Å². The molecule has 1 aliphatic rings. The molecule has 0 saturated carbocycles. The quantitative estimate of drug-likeness (QED) is 0.342. The van der Waals surface area contributed by atoms with E-state index in [1.165, 1.54) is 12.3 Å². The molecule has 0 aromatic heterocycles. The van der Waals surface area contributed by atoms with E-state index in [9.17, 15) is 10.1 Å². The summed E-state index contributed by atoms with van der Waals surface area (Å²) in [5.74, 6) is 0.